The first-order chi connectivity index (χ1) is 8.06. The van der Waals surface area contributed by atoms with Gasteiger partial charge < -0.3 is 15.2 Å². The first-order valence-electron chi connectivity index (χ1n) is 5.43. The Morgan fingerprint density at radius 3 is 2.88 bits per heavy atom. The minimum Gasteiger partial charge on any atom is -0.479 e. The number of ether oxygens (including phenoxy) is 1. The van der Waals surface area contributed by atoms with Gasteiger partial charge in [0.25, 0.3) is 0 Å². The van der Waals surface area contributed by atoms with Crippen molar-refractivity contribution in [1.29, 1.82) is 0 Å². The van der Waals surface area contributed by atoms with Crippen molar-refractivity contribution in [1.82, 2.24) is 5.32 Å². The molecule has 0 saturated carbocycles. The molecule has 0 aliphatic rings. The molecule has 0 radical (unpaired) electrons. The standard InChI is InChI=1S/C12H16FNO3/c1-3-14-7-9-5-4-6-10(13)11(9)17-8(2)12(15)16/h4-6,8,14H,3,7H2,1-2H3,(H,15,16). The van der Waals surface area contributed by atoms with Crippen molar-refractivity contribution in [3.8, 4) is 5.75 Å². The number of carboxylic acid groups (broad SMARTS) is 1. The van der Waals surface area contributed by atoms with E-state index in [0.29, 0.717) is 12.1 Å². The molecule has 17 heavy (non-hydrogen) atoms. The van der Waals surface area contributed by atoms with Crippen molar-refractivity contribution >= 4 is 5.97 Å². The number of para-hydroxylation sites is 1. The average molecular weight is 241 g/mol. The van der Waals surface area contributed by atoms with Crippen LogP contribution in [0.5, 0.6) is 5.75 Å². The van der Waals surface area contributed by atoms with Crippen LogP contribution in [0.15, 0.2) is 18.2 Å². The van der Waals surface area contributed by atoms with Crippen molar-refractivity contribution in [2.45, 2.75) is 26.5 Å². The smallest absolute Gasteiger partial charge is 0.344 e. The van der Waals surface area contributed by atoms with Gasteiger partial charge in [-0.3, -0.25) is 0 Å². The van der Waals surface area contributed by atoms with E-state index in [1.807, 2.05) is 6.92 Å². The highest BCUT2D eigenvalue weighted by atomic mass is 19.1. The summed E-state index contributed by atoms with van der Waals surface area (Å²) < 4.78 is 18.7. The van der Waals surface area contributed by atoms with E-state index >= 15 is 0 Å². The SMILES string of the molecule is CCNCc1cccc(F)c1OC(C)C(=O)O. The second kappa shape index (κ2) is 6.20. The summed E-state index contributed by atoms with van der Waals surface area (Å²) in [5.41, 5.74) is 0.611. The number of rotatable bonds is 6. The van der Waals surface area contributed by atoms with Crippen molar-refractivity contribution in [3.05, 3.63) is 29.6 Å². The number of carbonyl (C=O) groups is 1. The molecular formula is C12H16FNO3. The predicted octanol–water partition coefficient (Wildman–Crippen LogP) is 1.79. The van der Waals surface area contributed by atoms with E-state index in [-0.39, 0.29) is 5.75 Å². The van der Waals surface area contributed by atoms with Crippen molar-refractivity contribution in [3.63, 3.8) is 0 Å². The zero-order valence-electron chi connectivity index (χ0n) is 9.87. The number of nitrogens with one attached hydrogen (secondary N) is 1. The van der Waals surface area contributed by atoms with Gasteiger partial charge in [-0.05, 0) is 19.5 Å². The number of halogens is 1. The summed E-state index contributed by atoms with van der Waals surface area (Å²) in [4.78, 5) is 10.7. The van der Waals surface area contributed by atoms with E-state index < -0.39 is 17.9 Å². The minimum absolute atomic E-state index is 0.00310. The fourth-order valence-corrected chi connectivity index (χ4v) is 1.31. The molecule has 0 aliphatic carbocycles. The summed E-state index contributed by atoms with van der Waals surface area (Å²) in [5, 5.41) is 11.8. The molecule has 0 heterocycles. The van der Waals surface area contributed by atoms with Gasteiger partial charge in [0.2, 0.25) is 0 Å². The Bertz CT molecular complexity index is 395. The van der Waals surface area contributed by atoms with Crippen LogP contribution in [0.1, 0.15) is 19.4 Å². The van der Waals surface area contributed by atoms with Gasteiger partial charge in [-0.1, -0.05) is 19.1 Å². The molecule has 1 atom stereocenters. The van der Waals surface area contributed by atoms with E-state index in [2.05, 4.69) is 5.32 Å². The van der Waals surface area contributed by atoms with E-state index in [9.17, 15) is 9.18 Å². The van der Waals surface area contributed by atoms with Crippen molar-refractivity contribution in [2.24, 2.45) is 0 Å². The molecule has 1 unspecified atom stereocenters. The highest BCUT2D eigenvalue weighted by Crippen LogP contribution is 2.23. The molecule has 1 rings (SSSR count). The third-order valence-electron chi connectivity index (χ3n) is 2.26. The normalized spacial score (nSPS) is 12.2. The summed E-state index contributed by atoms with van der Waals surface area (Å²) in [7, 11) is 0. The zero-order chi connectivity index (χ0) is 12.8. The molecule has 0 amide bonds. The molecule has 0 saturated heterocycles. The maximum atomic E-state index is 13.6. The van der Waals surface area contributed by atoms with Gasteiger partial charge in [0.05, 0.1) is 0 Å². The van der Waals surface area contributed by atoms with E-state index in [1.165, 1.54) is 13.0 Å². The van der Waals surface area contributed by atoms with Crippen molar-refractivity contribution < 1.29 is 19.0 Å². The van der Waals surface area contributed by atoms with Gasteiger partial charge in [0.1, 0.15) is 0 Å². The van der Waals surface area contributed by atoms with Crippen LogP contribution in [-0.4, -0.2) is 23.7 Å². The third kappa shape index (κ3) is 3.71. The minimum atomic E-state index is -1.12. The molecule has 0 bridgehead atoms. The number of hydrogen-bond acceptors (Lipinski definition) is 3. The number of aliphatic carboxylic acids is 1. The summed E-state index contributed by atoms with van der Waals surface area (Å²) in [6, 6.07) is 4.52. The van der Waals surface area contributed by atoms with Crippen LogP contribution in [0.25, 0.3) is 0 Å². The highest BCUT2D eigenvalue weighted by Gasteiger charge is 2.17. The van der Waals surface area contributed by atoms with E-state index in [1.54, 1.807) is 12.1 Å². The summed E-state index contributed by atoms with van der Waals surface area (Å²) in [6.45, 7) is 4.48. The molecule has 0 spiro atoms. The van der Waals surface area contributed by atoms with Gasteiger partial charge in [0, 0.05) is 12.1 Å². The molecule has 5 heteroatoms. The van der Waals surface area contributed by atoms with Crippen LogP contribution >= 0.6 is 0 Å². The summed E-state index contributed by atoms with van der Waals surface area (Å²) in [5.74, 6) is -1.67. The van der Waals surface area contributed by atoms with Gasteiger partial charge >= 0.3 is 5.97 Å². The van der Waals surface area contributed by atoms with Crippen molar-refractivity contribution in [2.75, 3.05) is 6.54 Å². The Morgan fingerprint density at radius 1 is 1.59 bits per heavy atom. The van der Waals surface area contributed by atoms with Crippen LogP contribution in [0.2, 0.25) is 0 Å². The fourth-order valence-electron chi connectivity index (χ4n) is 1.31. The lowest BCUT2D eigenvalue weighted by atomic mass is 10.2. The molecular weight excluding hydrogens is 225 g/mol. The van der Waals surface area contributed by atoms with E-state index in [4.69, 9.17) is 9.84 Å². The molecule has 4 nitrogen and oxygen atoms in total. The first kappa shape index (κ1) is 13.4. The lowest BCUT2D eigenvalue weighted by molar-refractivity contribution is -0.144. The molecule has 2 N–H and O–H groups in total. The number of benzene rings is 1. The maximum Gasteiger partial charge on any atom is 0.344 e. The molecule has 1 aromatic rings. The number of carboxylic acids is 1. The largest absolute Gasteiger partial charge is 0.479 e. The Balaban J connectivity index is 2.90. The van der Waals surface area contributed by atoms with Gasteiger partial charge in [-0.25, -0.2) is 9.18 Å². The van der Waals surface area contributed by atoms with Gasteiger partial charge in [-0.15, -0.1) is 0 Å². The quantitative estimate of drug-likeness (QED) is 0.797. The van der Waals surface area contributed by atoms with Crippen LogP contribution < -0.4 is 10.1 Å². The van der Waals surface area contributed by atoms with Crippen LogP contribution in [0, 0.1) is 5.82 Å². The van der Waals surface area contributed by atoms with Crippen LogP contribution in [-0.2, 0) is 11.3 Å². The molecule has 0 aromatic heterocycles. The maximum absolute atomic E-state index is 13.6. The third-order valence-corrected chi connectivity index (χ3v) is 2.26. The second-order valence-electron chi connectivity index (χ2n) is 3.61. The molecule has 0 fully saturated rings. The van der Waals surface area contributed by atoms with Crippen LogP contribution in [0.3, 0.4) is 0 Å². The predicted molar refractivity (Wildman–Crippen MR) is 61.5 cm³/mol. The Morgan fingerprint density at radius 2 is 2.29 bits per heavy atom. The first-order valence-corrected chi connectivity index (χ1v) is 5.43. The second-order valence-corrected chi connectivity index (χ2v) is 3.61. The summed E-state index contributed by atoms with van der Waals surface area (Å²) in [6.07, 6.45) is -1.08. The molecule has 1 aromatic carbocycles. The Labute approximate surface area is 99.4 Å². The van der Waals surface area contributed by atoms with Gasteiger partial charge in [-0.2, -0.15) is 0 Å². The average Bonchev–Trinajstić information content (AvgIpc) is 2.29. The van der Waals surface area contributed by atoms with Crippen LogP contribution in [0.4, 0.5) is 4.39 Å². The molecule has 0 aliphatic heterocycles. The van der Waals surface area contributed by atoms with E-state index in [0.717, 1.165) is 6.54 Å². The number of hydrogen-bond donors (Lipinski definition) is 2. The lowest BCUT2D eigenvalue weighted by Crippen LogP contribution is -2.24. The zero-order valence-corrected chi connectivity index (χ0v) is 9.87. The van der Waals surface area contributed by atoms with Gasteiger partial charge in [0.15, 0.2) is 17.7 Å². The fraction of sp³-hybridized carbons (Fsp3) is 0.417. The Kier molecular flexibility index (Phi) is 4.90. The topological polar surface area (TPSA) is 58.6 Å². The summed E-state index contributed by atoms with van der Waals surface area (Å²) >= 11 is 0. The monoisotopic (exact) mass is 241 g/mol. The highest BCUT2D eigenvalue weighted by molar-refractivity contribution is 5.72. The lowest BCUT2D eigenvalue weighted by Gasteiger charge is -2.15. The molecule has 94 valence electrons. The Hall–Kier alpha value is -1.62.